The second-order valence-corrected chi connectivity index (χ2v) is 8.10. The molecule has 0 spiro atoms. The van der Waals surface area contributed by atoms with E-state index in [2.05, 4.69) is 46.2 Å². The number of carbonyl (C=O) groups excluding carboxylic acids is 1. The Morgan fingerprint density at radius 1 is 1.11 bits per heavy atom. The molecule has 2 aliphatic heterocycles. The third-order valence-electron chi connectivity index (χ3n) is 6.32. The average Bonchev–Trinajstić information content (AvgIpc) is 3.10. The number of ether oxygens (including phenoxy) is 1. The number of piperidine rings is 1. The molecule has 4 nitrogen and oxygen atoms in total. The summed E-state index contributed by atoms with van der Waals surface area (Å²) >= 11 is 0. The van der Waals surface area contributed by atoms with Crippen LogP contribution < -0.4 is 4.74 Å². The molecule has 1 atom stereocenters. The van der Waals surface area contributed by atoms with Gasteiger partial charge in [-0.05, 0) is 67.1 Å². The van der Waals surface area contributed by atoms with Crippen molar-refractivity contribution in [1.82, 2.24) is 9.80 Å². The van der Waals surface area contributed by atoms with E-state index >= 15 is 0 Å². The highest BCUT2D eigenvalue weighted by atomic mass is 16.5. The number of hydrogen-bond donors (Lipinski definition) is 0. The quantitative estimate of drug-likeness (QED) is 0.688. The monoisotopic (exact) mass is 378 g/mol. The molecule has 0 aromatic heterocycles. The fourth-order valence-corrected chi connectivity index (χ4v) is 4.66. The molecule has 28 heavy (non-hydrogen) atoms. The second kappa shape index (κ2) is 8.89. The highest BCUT2D eigenvalue weighted by Crippen LogP contribution is 2.34. The van der Waals surface area contributed by atoms with E-state index in [9.17, 15) is 4.79 Å². The molecule has 4 heteroatoms. The van der Waals surface area contributed by atoms with Gasteiger partial charge in [-0.25, -0.2) is 0 Å². The van der Waals surface area contributed by atoms with Gasteiger partial charge in [0.15, 0.2) is 0 Å². The predicted molar refractivity (Wildman–Crippen MR) is 112 cm³/mol. The minimum Gasteiger partial charge on any atom is -0.497 e. The Morgan fingerprint density at radius 2 is 1.93 bits per heavy atom. The summed E-state index contributed by atoms with van der Waals surface area (Å²) in [6.45, 7) is 5.35. The normalized spacial score (nSPS) is 20.8. The lowest BCUT2D eigenvalue weighted by Crippen LogP contribution is -2.39. The number of likely N-dealkylation sites (tertiary alicyclic amines) is 1. The first kappa shape index (κ1) is 19.2. The summed E-state index contributed by atoms with van der Waals surface area (Å²) in [5.41, 5.74) is 3.86. The average molecular weight is 379 g/mol. The molecule has 2 heterocycles. The van der Waals surface area contributed by atoms with Crippen LogP contribution in [0.15, 0.2) is 48.5 Å². The number of fused-ring (bicyclic) bond motifs is 1. The molecule has 148 valence electrons. The van der Waals surface area contributed by atoms with E-state index in [1.807, 2.05) is 12.1 Å². The molecule has 4 rings (SSSR count). The largest absolute Gasteiger partial charge is 0.497 e. The number of aldehydes is 1. The van der Waals surface area contributed by atoms with Crippen molar-refractivity contribution < 1.29 is 9.53 Å². The zero-order chi connectivity index (χ0) is 19.3. The van der Waals surface area contributed by atoms with Gasteiger partial charge in [-0.3, -0.25) is 4.90 Å². The third kappa shape index (κ3) is 4.29. The lowest BCUT2D eigenvalue weighted by Gasteiger charge is -2.34. The molecule has 0 radical (unpaired) electrons. The molecular formula is C24H30N2O2. The zero-order valence-corrected chi connectivity index (χ0v) is 16.7. The van der Waals surface area contributed by atoms with Gasteiger partial charge >= 0.3 is 0 Å². The molecule has 0 amide bonds. The first-order valence-electron chi connectivity index (χ1n) is 10.4. The third-order valence-corrected chi connectivity index (χ3v) is 6.32. The van der Waals surface area contributed by atoms with Crippen LogP contribution in [0, 0.1) is 5.92 Å². The van der Waals surface area contributed by atoms with Gasteiger partial charge in [0.1, 0.15) is 12.0 Å². The van der Waals surface area contributed by atoms with Crippen molar-refractivity contribution in [3.63, 3.8) is 0 Å². The maximum atomic E-state index is 11.7. The fraction of sp³-hybridized carbons (Fsp3) is 0.458. The smallest absolute Gasteiger partial charge is 0.141 e. The molecule has 2 aliphatic rings. The fourth-order valence-electron chi connectivity index (χ4n) is 4.66. The van der Waals surface area contributed by atoms with Crippen LogP contribution in [0.5, 0.6) is 5.75 Å². The maximum absolute atomic E-state index is 11.7. The summed E-state index contributed by atoms with van der Waals surface area (Å²) in [6, 6.07) is 16.7. The van der Waals surface area contributed by atoms with E-state index in [4.69, 9.17) is 4.74 Å². The number of nitrogens with zero attached hydrogens (tertiary/aromatic N) is 2. The van der Waals surface area contributed by atoms with Crippen molar-refractivity contribution in [2.24, 2.45) is 5.92 Å². The Kier molecular flexibility index (Phi) is 6.08. The summed E-state index contributed by atoms with van der Waals surface area (Å²) in [5, 5.41) is 0. The van der Waals surface area contributed by atoms with E-state index in [0.717, 1.165) is 51.2 Å². The molecular weight excluding hydrogens is 348 g/mol. The molecule has 1 fully saturated rings. The molecule has 2 aromatic rings. The van der Waals surface area contributed by atoms with E-state index < -0.39 is 0 Å². The molecule has 0 saturated carbocycles. The first-order valence-corrected chi connectivity index (χ1v) is 10.4. The highest BCUT2D eigenvalue weighted by molar-refractivity contribution is 5.64. The van der Waals surface area contributed by atoms with Crippen LogP contribution in [0.4, 0.5) is 0 Å². The summed E-state index contributed by atoms with van der Waals surface area (Å²) in [4.78, 5) is 16.6. The summed E-state index contributed by atoms with van der Waals surface area (Å²) in [5.74, 6) is 1.62. The van der Waals surface area contributed by atoms with Gasteiger partial charge < -0.3 is 14.4 Å². The predicted octanol–water partition coefficient (Wildman–Crippen LogP) is 3.71. The van der Waals surface area contributed by atoms with Crippen LogP contribution in [-0.4, -0.2) is 49.4 Å². The van der Waals surface area contributed by atoms with Gasteiger partial charge in [0.25, 0.3) is 0 Å². The van der Waals surface area contributed by atoms with Crippen molar-refractivity contribution in [2.45, 2.75) is 31.8 Å². The van der Waals surface area contributed by atoms with Gasteiger partial charge in [-0.15, -0.1) is 0 Å². The number of hydrogen-bond acceptors (Lipinski definition) is 4. The van der Waals surface area contributed by atoms with Gasteiger partial charge in [-0.2, -0.15) is 0 Å². The van der Waals surface area contributed by atoms with E-state index in [1.54, 1.807) is 7.11 Å². The number of methoxy groups -OCH3 is 1. The molecule has 0 N–H and O–H groups in total. The van der Waals surface area contributed by atoms with Crippen LogP contribution in [-0.2, 0) is 17.8 Å². The van der Waals surface area contributed by atoms with Gasteiger partial charge in [0.05, 0.1) is 13.2 Å². The summed E-state index contributed by atoms with van der Waals surface area (Å²) in [7, 11) is 1.72. The van der Waals surface area contributed by atoms with Crippen LogP contribution in [0.1, 0.15) is 35.6 Å². The van der Waals surface area contributed by atoms with Gasteiger partial charge in [0.2, 0.25) is 0 Å². The van der Waals surface area contributed by atoms with Crippen LogP contribution in [0.3, 0.4) is 0 Å². The minimum absolute atomic E-state index is 0.0534. The van der Waals surface area contributed by atoms with Crippen molar-refractivity contribution in [1.29, 1.82) is 0 Å². The Balaban J connectivity index is 1.25. The van der Waals surface area contributed by atoms with Crippen molar-refractivity contribution in [3.05, 3.63) is 65.2 Å². The van der Waals surface area contributed by atoms with Crippen molar-refractivity contribution in [2.75, 3.05) is 33.3 Å². The van der Waals surface area contributed by atoms with Crippen LogP contribution in [0.25, 0.3) is 0 Å². The first-order chi connectivity index (χ1) is 13.8. The second-order valence-electron chi connectivity index (χ2n) is 8.10. The molecule has 1 unspecified atom stereocenters. The minimum atomic E-state index is -0.0534. The van der Waals surface area contributed by atoms with E-state index in [-0.39, 0.29) is 6.04 Å². The maximum Gasteiger partial charge on any atom is 0.141 e. The number of benzene rings is 2. The lowest BCUT2D eigenvalue weighted by molar-refractivity contribution is -0.112. The Bertz CT molecular complexity index is 799. The SMILES string of the molecule is COc1cccc(CCN2CCC(CN3Cc4ccccc4C3C=O)CC2)c1. The van der Waals surface area contributed by atoms with Crippen molar-refractivity contribution >= 4 is 6.29 Å². The molecule has 0 aliphatic carbocycles. The standard InChI is InChI=1S/C24H30N2O2/c1-28-22-7-4-5-19(15-22)9-12-25-13-10-20(11-14-25)16-26-17-21-6-2-3-8-23(21)24(26)18-27/h2-8,15,18,20,24H,9-14,16-17H2,1H3. The van der Waals surface area contributed by atoms with Crippen molar-refractivity contribution in [3.8, 4) is 5.75 Å². The molecule has 2 aromatic carbocycles. The van der Waals surface area contributed by atoms with Crippen LogP contribution >= 0.6 is 0 Å². The number of carbonyl (C=O) groups is 1. The summed E-state index contributed by atoms with van der Waals surface area (Å²) in [6.07, 6.45) is 4.62. The van der Waals surface area contributed by atoms with Crippen LogP contribution in [0.2, 0.25) is 0 Å². The highest BCUT2D eigenvalue weighted by Gasteiger charge is 2.31. The Labute approximate surface area is 168 Å². The molecule has 0 bridgehead atoms. The number of rotatable bonds is 7. The van der Waals surface area contributed by atoms with Gasteiger partial charge in [-0.1, -0.05) is 36.4 Å². The topological polar surface area (TPSA) is 32.8 Å². The van der Waals surface area contributed by atoms with E-state index in [1.165, 1.54) is 29.5 Å². The lowest BCUT2D eigenvalue weighted by atomic mass is 9.95. The van der Waals surface area contributed by atoms with Gasteiger partial charge in [0, 0.05) is 19.6 Å². The van der Waals surface area contributed by atoms with E-state index in [0.29, 0.717) is 5.92 Å². The Morgan fingerprint density at radius 3 is 2.71 bits per heavy atom. The summed E-state index contributed by atoms with van der Waals surface area (Å²) < 4.78 is 5.32. The molecule has 1 saturated heterocycles. The zero-order valence-electron chi connectivity index (χ0n) is 16.7. The Hall–Kier alpha value is -2.17.